The lowest BCUT2D eigenvalue weighted by atomic mass is 10.2. The van der Waals surface area contributed by atoms with E-state index in [-0.39, 0.29) is 32.8 Å². The number of alkyl halides is 5. The zero-order valence-electron chi connectivity index (χ0n) is 12.7. The van der Waals surface area contributed by atoms with Crippen LogP contribution in [0.5, 0.6) is 0 Å². The molecule has 0 aromatic heterocycles. The summed E-state index contributed by atoms with van der Waals surface area (Å²) in [5.41, 5.74) is 0.800. The zero-order chi connectivity index (χ0) is 17.8. The van der Waals surface area contributed by atoms with Crippen LogP contribution in [0.1, 0.15) is 5.56 Å². The molecule has 1 amide bonds. The Labute approximate surface area is 135 Å². The average Bonchev–Trinajstić information content (AvgIpc) is 2.53. The maximum absolute atomic E-state index is 13.0. The molecule has 1 aromatic carbocycles. The second-order valence-electron chi connectivity index (χ2n) is 5.51. The number of hydrogen-bond acceptors (Lipinski definition) is 3. The molecule has 0 atom stereocenters. The number of rotatable bonds is 4. The molecule has 1 aliphatic rings. The Morgan fingerprint density at radius 3 is 2.12 bits per heavy atom. The fraction of sp³-hybridized carbons (Fsp3) is 0.533. The predicted molar refractivity (Wildman–Crippen MR) is 75.6 cm³/mol. The molecule has 134 valence electrons. The van der Waals surface area contributed by atoms with Gasteiger partial charge in [0.1, 0.15) is 6.61 Å². The number of halogens is 5. The van der Waals surface area contributed by atoms with Gasteiger partial charge in [0.2, 0.25) is 0 Å². The van der Waals surface area contributed by atoms with Crippen molar-refractivity contribution in [3.8, 4) is 0 Å². The van der Waals surface area contributed by atoms with Crippen LogP contribution in [0.15, 0.2) is 30.3 Å². The van der Waals surface area contributed by atoms with Gasteiger partial charge in [-0.25, -0.2) is 4.79 Å². The van der Waals surface area contributed by atoms with Crippen molar-refractivity contribution < 1.29 is 31.5 Å². The van der Waals surface area contributed by atoms with Crippen molar-refractivity contribution in [2.75, 3.05) is 32.7 Å². The van der Waals surface area contributed by atoms with E-state index in [0.29, 0.717) is 0 Å². The molecule has 24 heavy (non-hydrogen) atoms. The lowest BCUT2D eigenvalue weighted by Crippen LogP contribution is -2.54. The standard InChI is InChI=1S/C15H17F5N2O2/c16-14(17,15(18,19)20)11-21-6-8-22(9-7-21)13(23)24-10-12-4-2-1-3-5-12/h1-5H,6-11H2. The van der Waals surface area contributed by atoms with Gasteiger partial charge in [-0.1, -0.05) is 30.3 Å². The van der Waals surface area contributed by atoms with Crippen molar-refractivity contribution in [3.63, 3.8) is 0 Å². The van der Waals surface area contributed by atoms with Gasteiger partial charge in [-0.3, -0.25) is 4.90 Å². The van der Waals surface area contributed by atoms with Gasteiger partial charge in [-0.05, 0) is 5.56 Å². The van der Waals surface area contributed by atoms with Crippen molar-refractivity contribution in [2.24, 2.45) is 0 Å². The highest BCUT2D eigenvalue weighted by molar-refractivity contribution is 5.67. The van der Waals surface area contributed by atoms with Gasteiger partial charge in [-0.2, -0.15) is 22.0 Å². The third-order valence-electron chi connectivity index (χ3n) is 3.67. The number of carbonyl (C=O) groups is 1. The molecular formula is C15H17F5N2O2. The molecule has 2 rings (SSSR count). The molecule has 0 unspecified atom stereocenters. The van der Waals surface area contributed by atoms with E-state index in [1.807, 2.05) is 6.07 Å². The second-order valence-corrected chi connectivity index (χ2v) is 5.51. The first-order valence-corrected chi connectivity index (χ1v) is 7.31. The summed E-state index contributed by atoms with van der Waals surface area (Å²) in [7, 11) is 0. The van der Waals surface area contributed by atoms with E-state index >= 15 is 0 Å². The van der Waals surface area contributed by atoms with E-state index in [1.54, 1.807) is 24.3 Å². The SMILES string of the molecule is O=C(OCc1ccccc1)N1CCN(CC(F)(F)C(F)(F)F)CC1. The lowest BCUT2D eigenvalue weighted by molar-refractivity contribution is -0.287. The highest BCUT2D eigenvalue weighted by atomic mass is 19.4. The first-order chi connectivity index (χ1) is 11.2. The fourth-order valence-electron chi connectivity index (χ4n) is 2.27. The highest BCUT2D eigenvalue weighted by Crippen LogP contribution is 2.36. The van der Waals surface area contributed by atoms with Crippen LogP contribution < -0.4 is 0 Å². The number of amides is 1. The van der Waals surface area contributed by atoms with Gasteiger partial charge in [0.25, 0.3) is 0 Å². The molecule has 9 heteroatoms. The topological polar surface area (TPSA) is 32.8 Å². The minimum Gasteiger partial charge on any atom is -0.445 e. The fourth-order valence-corrected chi connectivity index (χ4v) is 2.27. The summed E-state index contributed by atoms with van der Waals surface area (Å²) in [4.78, 5) is 14.2. The molecule has 0 spiro atoms. The summed E-state index contributed by atoms with van der Waals surface area (Å²) in [6.07, 6.45) is -6.18. The normalized spacial score (nSPS) is 17.0. The largest absolute Gasteiger partial charge is 0.454 e. The number of benzene rings is 1. The lowest BCUT2D eigenvalue weighted by Gasteiger charge is -2.36. The minimum absolute atomic E-state index is 0.0432. The van der Waals surface area contributed by atoms with Crippen LogP contribution in [-0.4, -0.2) is 60.7 Å². The Morgan fingerprint density at radius 1 is 1.00 bits per heavy atom. The van der Waals surface area contributed by atoms with Crippen molar-refractivity contribution in [1.82, 2.24) is 9.80 Å². The van der Waals surface area contributed by atoms with E-state index in [4.69, 9.17) is 4.74 Å². The van der Waals surface area contributed by atoms with E-state index < -0.39 is 24.7 Å². The number of carbonyl (C=O) groups excluding carboxylic acids is 1. The summed E-state index contributed by atoms with van der Waals surface area (Å²) >= 11 is 0. The van der Waals surface area contributed by atoms with Crippen molar-refractivity contribution in [1.29, 1.82) is 0 Å². The van der Waals surface area contributed by atoms with E-state index in [0.717, 1.165) is 10.5 Å². The van der Waals surface area contributed by atoms with Crippen LogP contribution >= 0.6 is 0 Å². The molecule has 4 nitrogen and oxygen atoms in total. The molecule has 0 saturated carbocycles. The third kappa shape index (κ3) is 4.80. The molecule has 0 aliphatic carbocycles. The first kappa shape index (κ1) is 18.4. The van der Waals surface area contributed by atoms with Crippen molar-refractivity contribution in [3.05, 3.63) is 35.9 Å². The number of hydrogen-bond donors (Lipinski definition) is 0. The summed E-state index contributed by atoms with van der Waals surface area (Å²) in [6, 6.07) is 8.97. The maximum atomic E-state index is 13.0. The van der Waals surface area contributed by atoms with Crippen LogP contribution in [0.4, 0.5) is 26.7 Å². The van der Waals surface area contributed by atoms with Crippen molar-refractivity contribution >= 4 is 6.09 Å². The van der Waals surface area contributed by atoms with Gasteiger partial charge >= 0.3 is 18.2 Å². The molecule has 1 heterocycles. The first-order valence-electron chi connectivity index (χ1n) is 7.31. The molecule has 1 aliphatic heterocycles. The Hall–Kier alpha value is -1.90. The van der Waals surface area contributed by atoms with Gasteiger partial charge < -0.3 is 9.64 Å². The molecule has 0 bridgehead atoms. The predicted octanol–water partition coefficient (Wildman–Crippen LogP) is 3.14. The van der Waals surface area contributed by atoms with Crippen LogP contribution in [0.2, 0.25) is 0 Å². The smallest absolute Gasteiger partial charge is 0.445 e. The molecule has 1 saturated heterocycles. The van der Waals surface area contributed by atoms with Crippen LogP contribution in [-0.2, 0) is 11.3 Å². The molecule has 0 radical (unpaired) electrons. The summed E-state index contributed by atoms with van der Waals surface area (Å²) < 4.78 is 67.7. The maximum Gasteiger partial charge on any atom is 0.454 e. The Bertz CT molecular complexity index is 543. The average molecular weight is 352 g/mol. The van der Waals surface area contributed by atoms with Gasteiger partial charge in [0.15, 0.2) is 0 Å². The number of nitrogens with zero attached hydrogens (tertiary/aromatic N) is 2. The minimum atomic E-state index is -5.57. The molecule has 1 fully saturated rings. The molecule has 1 aromatic rings. The van der Waals surface area contributed by atoms with Gasteiger partial charge in [0, 0.05) is 26.2 Å². The van der Waals surface area contributed by atoms with Gasteiger partial charge in [-0.15, -0.1) is 0 Å². The quantitative estimate of drug-likeness (QED) is 0.781. The Balaban J connectivity index is 1.77. The second kappa shape index (κ2) is 7.33. The molecule has 0 N–H and O–H groups in total. The van der Waals surface area contributed by atoms with E-state index in [9.17, 15) is 26.7 Å². The van der Waals surface area contributed by atoms with Crippen LogP contribution in [0, 0.1) is 0 Å². The summed E-state index contributed by atoms with van der Waals surface area (Å²) in [5.74, 6) is -4.76. The number of ether oxygens (including phenoxy) is 1. The Kier molecular flexibility index (Phi) is 5.63. The zero-order valence-corrected chi connectivity index (χ0v) is 12.7. The summed E-state index contributed by atoms with van der Waals surface area (Å²) in [6.45, 7) is -1.36. The summed E-state index contributed by atoms with van der Waals surface area (Å²) in [5, 5.41) is 0. The highest BCUT2D eigenvalue weighted by Gasteiger charge is 2.58. The monoisotopic (exact) mass is 352 g/mol. The number of piperazine rings is 1. The van der Waals surface area contributed by atoms with Crippen LogP contribution in [0.25, 0.3) is 0 Å². The van der Waals surface area contributed by atoms with E-state index in [2.05, 4.69) is 0 Å². The third-order valence-corrected chi connectivity index (χ3v) is 3.67. The molecular weight excluding hydrogens is 335 g/mol. The van der Waals surface area contributed by atoms with Crippen LogP contribution in [0.3, 0.4) is 0 Å². The van der Waals surface area contributed by atoms with Gasteiger partial charge in [0.05, 0.1) is 6.54 Å². The van der Waals surface area contributed by atoms with E-state index in [1.165, 1.54) is 4.90 Å². The Morgan fingerprint density at radius 2 is 1.58 bits per heavy atom. The van der Waals surface area contributed by atoms with Crippen molar-refractivity contribution in [2.45, 2.75) is 18.7 Å².